The minimum atomic E-state index is -0.471. The van der Waals surface area contributed by atoms with E-state index in [1.165, 1.54) is 0 Å². The molecule has 3 rings (SSSR count). The summed E-state index contributed by atoms with van der Waals surface area (Å²) < 4.78 is 1.70. The number of hydrogen-bond donors (Lipinski definition) is 3. The van der Waals surface area contributed by atoms with Gasteiger partial charge in [-0.2, -0.15) is 10.1 Å². The number of aliphatic hydroxyl groups excluding tert-OH is 1. The predicted octanol–water partition coefficient (Wildman–Crippen LogP) is 1.04. The second-order valence-electron chi connectivity index (χ2n) is 5.07. The van der Waals surface area contributed by atoms with Gasteiger partial charge in [-0.15, -0.1) is 11.3 Å². The van der Waals surface area contributed by atoms with Crippen LogP contribution in [0, 0.1) is 0 Å². The van der Waals surface area contributed by atoms with Gasteiger partial charge in [-0.05, 0) is 24.8 Å². The largest absolute Gasteiger partial charge is 0.396 e. The van der Waals surface area contributed by atoms with E-state index in [1.807, 2.05) is 24.4 Å². The normalized spacial score (nSPS) is 17.3. The van der Waals surface area contributed by atoms with Gasteiger partial charge in [-0.3, -0.25) is 4.79 Å². The van der Waals surface area contributed by atoms with Gasteiger partial charge in [0, 0.05) is 23.6 Å². The van der Waals surface area contributed by atoms with Gasteiger partial charge in [0.25, 0.3) is 0 Å². The van der Waals surface area contributed by atoms with Crippen LogP contribution in [-0.2, 0) is 11.2 Å². The molecule has 0 unspecified atom stereocenters. The van der Waals surface area contributed by atoms with Gasteiger partial charge in [-0.25, -0.2) is 4.68 Å². The molecule has 0 radical (unpaired) electrons. The molecule has 1 atom stereocenters. The average Bonchev–Trinajstić information content (AvgIpc) is 3.12. The van der Waals surface area contributed by atoms with E-state index in [1.54, 1.807) is 16.0 Å². The lowest BCUT2D eigenvalue weighted by atomic mass is 10.0. The van der Waals surface area contributed by atoms with Crippen molar-refractivity contribution in [1.82, 2.24) is 14.8 Å². The Balaban J connectivity index is 2.07. The zero-order chi connectivity index (χ0) is 15.7. The number of nitrogens with two attached hydrogens (primary N) is 1. The van der Waals surface area contributed by atoms with Gasteiger partial charge in [0.2, 0.25) is 11.9 Å². The number of thiophene rings is 1. The van der Waals surface area contributed by atoms with E-state index in [4.69, 9.17) is 10.8 Å². The van der Waals surface area contributed by atoms with Crippen LogP contribution < -0.4 is 11.1 Å². The third kappa shape index (κ3) is 2.51. The van der Waals surface area contributed by atoms with Crippen LogP contribution in [0.2, 0.25) is 0 Å². The number of aliphatic hydroxyl groups is 1. The molecule has 0 bridgehead atoms. The number of rotatable bonds is 5. The zero-order valence-corrected chi connectivity index (χ0v) is 12.9. The number of allylic oxidation sites excluding steroid dienone is 1. The van der Waals surface area contributed by atoms with E-state index >= 15 is 0 Å². The predicted molar refractivity (Wildman–Crippen MR) is 83.4 cm³/mol. The molecule has 4 N–H and O–H groups in total. The van der Waals surface area contributed by atoms with E-state index in [0.29, 0.717) is 35.9 Å². The molecule has 22 heavy (non-hydrogen) atoms. The first-order chi connectivity index (χ1) is 10.6. The Morgan fingerprint density at radius 3 is 3.05 bits per heavy atom. The van der Waals surface area contributed by atoms with Crippen LogP contribution in [0.1, 0.15) is 30.1 Å². The fourth-order valence-corrected chi connectivity index (χ4v) is 3.39. The first-order valence-electron chi connectivity index (χ1n) is 6.99. The quantitative estimate of drug-likeness (QED) is 0.763. The topological polar surface area (TPSA) is 106 Å². The smallest absolute Gasteiger partial charge is 0.248 e. The standard InChI is InChI=1S/C14H17N5O2S/c1-8-11(13(15)21)12(9-4-3-7-22-9)19-14(16-8)17-10(18-19)5-2-6-20/h3-4,7,12,20H,2,5-6H2,1H3,(H2,15,21)(H,16,17,18)/t12-/m0/s1. The Morgan fingerprint density at radius 2 is 2.41 bits per heavy atom. The molecule has 7 nitrogen and oxygen atoms in total. The third-order valence-electron chi connectivity index (χ3n) is 3.53. The van der Waals surface area contributed by atoms with Gasteiger partial charge in [0.15, 0.2) is 5.82 Å². The van der Waals surface area contributed by atoms with Crippen LogP contribution in [0.3, 0.4) is 0 Å². The van der Waals surface area contributed by atoms with Crippen molar-refractivity contribution in [3.8, 4) is 0 Å². The van der Waals surface area contributed by atoms with Crippen molar-refractivity contribution in [3.05, 3.63) is 39.5 Å². The van der Waals surface area contributed by atoms with Crippen LogP contribution in [0.4, 0.5) is 5.95 Å². The van der Waals surface area contributed by atoms with E-state index in [9.17, 15) is 4.79 Å². The zero-order valence-electron chi connectivity index (χ0n) is 12.1. The first-order valence-corrected chi connectivity index (χ1v) is 7.87. The number of carbonyl (C=O) groups is 1. The maximum atomic E-state index is 11.9. The first kappa shape index (κ1) is 14.7. The highest BCUT2D eigenvalue weighted by Gasteiger charge is 2.33. The summed E-state index contributed by atoms with van der Waals surface area (Å²) in [6, 6.07) is 3.53. The molecular formula is C14H17N5O2S. The molecule has 3 heterocycles. The molecule has 1 amide bonds. The van der Waals surface area contributed by atoms with E-state index in [-0.39, 0.29) is 12.6 Å². The molecule has 8 heteroatoms. The summed E-state index contributed by atoms with van der Waals surface area (Å²) in [4.78, 5) is 17.3. The highest BCUT2D eigenvalue weighted by molar-refractivity contribution is 7.10. The number of hydrogen-bond acceptors (Lipinski definition) is 6. The van der Waals surface area contributed by atoms with Crippen molar-refractivity contribution in [1.29, 1.82) is 0 Å². The average molecular weight is 319 g/mol. The fourth-order valence-electron chi connectivity index (χ4n) is 2.57. The van der Waals surface area contributed by atoms with Gasteiger partial charge in [0.05, 0.1) is 5.57 Å². The van der Waals surface area contributed by atoms with Gasteiger partial charge >= 0.3 is 0 Å². The Bertz CT molecular complexity index is 720. The molecule has 0 spiro atoms. The van der Waals surface area contributed by atoms with Crippen LogP contribution in [0.15, 0.2) is 28.8 Å². The number of primary amides is 1. The lowest BCUT2D eigenvalue weighted by molar-refractivity contribution is -0.115. The lowest BCUT2D eigenvalue weighted by Gasteiger charge is -2.26. The number of carbonyl (C=O) groups excluding carboxylic acids is 1. The molecule has 0 saturated heterocycles. The molecule has 0 saturated carbocycles. The summed E-state index contributed by atoms with van der Waals surface area (Å²) in [6.45, 7) is 1.90. The summed E-state index contributed by atoms with van der Waals surface area (Å²) in [5.74, 6) is 0.756. The minimum Gasteiger partial charge on any atom is -0.396 e. The van der Waals surface area contributed by atoms with E-state index in [0.717, 1.165) is 4.88 Å². The minimum absolute atomic E-state index is 0.0927. The van der Waals surface area contributed by atoms with E-state index in [2.05, 4.69) is 15.4 Å². The molecule has 0 fully saturated rings. The molecule has 2 aromatic heterocycles. The van der Waals surface area contributed by atoms with Gasteiger partial charge in [0.1, 0.15) is 6.04 Å². The highest BCUT2D eigenvalue weighted by Crippen LogP contribution is 2.36. The summed E-state index contributed by atoms with van der Waals surface area (Å²) in [5.41, 5.74) is 6.76. The Hall–Kier alpha value is -2.19. The summed E-state index contributed by atoms with van der Waals surface area (Å²) in [7, 11) is 0. The van der Waals surface area contributed by atoms with Crippen LogP contribution in [0.5, 0.6) is 0 Å². The van der Waals surface area contributed by atoms with Crippen molar-refractivity contribution in [2.24, 2.45) is 5.73 Å². The second-order valence-corrected chi connectivity index (χ2v) is 6.05. The van der Waals surface area contributed by atoms with Crippen molar-refractivity contribution in [3.63, 3.8) is 0 Å². The third-order valence-corrected chi connectivity index (χ3v) is 4.46. The summed E-state index contributed by atoms with van der Waals surface area (Å²) in [6.07, 6.45) is 1.18. The monoisotopic (exact) mass is 319 g/mol. The number of anilines is 1. The SMILES string of the molecule is CC1=C(C(N)=O)[C@H](c2cccs2)n2nc(CCCO)nc2N1. The number of fused-ring (bicyclic) bond motifs is 1. The lowest BCUT2D eigenvalue weighted by Crippen LogP contribution is -2.31. The molecule has 116 valence electrons. The molecule has 0 aliphatic carbocycles. The molecule has 1 aliphatic heterocycles. The molecule has 0 aromatic carbocycles. The number of nitrogens with zero attached hydrogens (tertiary/aromatic N) is 3. The second kappa shape index (κ2) is 5.90. The number of amides is 1. The number of aryl methyl sites for hydroxylation is 1. The molecule has 1 aliphatic rings. The Morgan fingerprint density at radius 1 is 1.59 bits per heavy atom. The van der Waals surface area contributed by atoms with Gasteiger partial charge < -0.3 is 16.2 Å². The van der Waals surface area contributed by atoms with Crippen molar-refractivity contribution in [2.45, 2.75) is 25.8 Å². The molecule has 2 aromatic rings. The van der Waals surface area contributed by atoms with Crippen LogP contribution >= 0.6 is 11.3 Å². The van der Waals surface area contributed by atoms with Gasteiger partial charge in [-0.1, -0.05) is 6.07 Å². The van der Waals surface area contributed by atoms with Crippen molar-refractivity contribution in [2.75, 3.05) is 11.9 Å². The highest BCUT2D eigenvalue weighted by atomic mass is 32.1. The Labute approximate surface area is 131 Å². The van der Waals surface area contributed by atoms with Crippen molar-refractivity contribution >= 4 is 23.2 Å². The molecular weight excluding hydrogens is 302 g/mol. The maximum absolute atomic E-state index is 11.9. The number of aromatic nitrogens is 3. The summed E-state index contributed by atoms with van der Waals surface area (Å²) >= 11 is 1.55. The van der Waals surface area contributed by atoms with Crippen LogP contribution in [0.25, 0.3) is 0 Å². The van der Waals surface area contributed by atoms with Crippen molar-refractivity contribution < 1.29 is 9.90 Å². The maximum Gasteiger partial charge on any atom is 0.248 e. The fraction of sp³-hybridized carbons (Fsp3) is 0.357. The Kier molecular flexibility index (Phi) is 3.95. The summed E-state index contributed by atoms with van der Waals surface area (Å²) in [5, 5.41) is 18.5. The van der Waals surface area contributed by atoms with Crippen LogP contribution in [-0.4, -0.2) is 32.4 Å². The van der Waals surface area contributed by atoms with E-state index < -0.39 is 5.91 Å². The number of nitrogens with one attached hydrogen (secondary N) is 1.